The van der Waals surface area contributed by atoms with E-state index in [0.29, 0.717) is 30.6 Å². The van der Waals surface area contributed by atoms with Gasteiger partial charge in [0.05, 0.1) is 4.90 Å². The fraction of sp³-hybridized carbons (Fsp3) is 0.200. The predicted octanol–water partition coefficient (Wildman–Crippen LogP) is 3.25. The number of likely N-dealkylation sites (N-methyl/N-ethyl adjacent to an activating group) is 1. The molecule has 0 bridgehead atoms. The summed E-state index contributed by atoms with van der Waals surface area (Å²) in [7, 11) is -2.36. The van der Waals surface area contributed by atoms with E-state index >= 15 is 0 Å². The number of carbonyl (C=O) groups excluding carboxylic acids is 2. The molecule has 2 N–H and O–H groups in total. The minimum atomic E-state index is -4.02. The van der Waals surface area contributed by atoms with Crippen LogP contribution in [0.15, 0.2) is 83.8 Å². The van der Waals surface area contributed by atoms with Crippen LogP contribution in [0.2, 0.25) is 0 Å². The van der Waals surface area contributed by atoms with Gasteiger partial charge < -0.3 is 10.2 Å². The third kappa shape index (κ3) is 5.30. The summed E-state index contributed by atoms with van der Waals surface area (Å²) in [6.45, 7) is 0.350. The third-order valence-corrected chi connectivity index (χ3v) is 6.99. The number of amides is 2. The second-order valence-electron chi connectivity index (χ2n) is 8.01. The maximum absolute atomic E-state index is 13.4. The van der Waals surface area contributed by atoms with Gasteiger partial charge in [0, 0.05) is 25.7 Å². The topological polar surface area (TPSA) is 95.6 Å². The van der Waals surface area contributed by atoms with Crippen LogP contribution >= 0.6 is 0 Å². The van der Waals surface area contributed by atoms with E-state index in [9.17, 15) is 18.0 Å². The van der Waals surface area contributed by atoms with Crippen LogP contribution in [0, 0.1) is 0 Å². The Labute approximate surface area is 193 Å². The molecule has 4 rings (SSSR count). The van der Waals surface area contributed by atoms with Crippen molar-refractivity contribution >= 4 is 27.5 Å². The lowest BCUT2D eigenvalue weighted by molar-refractivity contribution is -0.132. The van der Waals surface area contributed by atoms with Gasteiger partial charge in [-0.2, -0.15) is 4.72 Å². The van der Waals surface area contributed by atoms with Gasteiger partial charge in [-0.15, -0.1) is 0 Å². The molecular formula is C25H25N3O4S. The van der Waals surface area contributed by atoms with Crippen LogP contribution in [0.1, 0.15) is 29.2 Å². The number of sulfonamides is 1. The monoisotopic (exact) mass is 463 g/mol. The molecule has 33 heavy (non-hydrogen) atoms. The molecular weight excluding hydrogens is 438 g/mol. The van der Waals surface area contributed by atoms with Crippen molar-refractivity contribution < 1.29 is 18.0 Å². The molecule has 1 atom stereocenters. The molecule has 0 fully saturated rings. The standard InChI is InChI=1S/C25H25N3O4S/c1-28(17-18-8-4-2-5-9-18)25(30)24(19-10-6-3-7-11-19)27-33(31,32)21-13-14-22-20(16-21)12-15-23(29)26-22/h2-11,13-14,16,24,27H,12,15,17H2,1H3,(H,26,29)/t24-/m1/s1. The third-order valence-electron chi connectivity index (χ3n) is 5.57. The molecule has 0 spiro atoms. The molecule has 8 heteroatoms. The van der Waals surface area contributed by atoms with E-state index in [2.05, 4.69) is 10.0 Å². The Kier molecular flexibility index (Phi) is 6.57. The summed E-state index contributed by atoms with van der Waals surface area (Å²) < 4.78 is 29.2. The number of aryl methyl sites for hydroxylation is 1. The molecule has 1 aliphatic rings. The molecule has 0 radical (unpaired) electrons. The molecule has 3 aromatic carbocycles. The average molecular weight is 464 g/mol. The Morgan fingerprint density at radius 1 is 1.00 bits per heavy atom. The first kappa shape index (κ1) is 22.7. The first-order valence-electron chi connectivity index (χ1n) is 10.6. The summed E-state index contributed by atoms with van der Waals surface area (Å²) in [5.74, 6) is -0.453. The first-order valence-corrected chi connectivity index (χ1v) is 12.1. The van der Waals surface area contributed by atoms with Crippen molar-refractivity contribution in [1.82, 2.24) is 9.62 Å². The zero-order chi connectivity index (χ0) is 23.4. The number of benzene rings is 3. The van der Waals surface area contributed by atoms with Gasteiger partial charge in [0.15, 0.2) is 0 Å². The van der Waals surface area contributed by atoms with E-state index in [1.165, 1.54) is 11.0 Å². The van der Waals surface area contributed by atoms with Gasteiger partial charge in [0.1, 0.15) is 6.04 Å². The summed E-state index contributed by atoms with van der Waals surface area (Å²) in [6, 6.07) is 21.8. The zero-order valence-electron chi connectivity index (χ0n) is 18.2. The number of nitrogens with zero attached hydrogens (tertiary/aromatic N) is 1. The van der Waals surface area contributed by atoms with Crippen molar-refractivity contribution in [2.45, 2.75) is 30.3 Å². The second kappa shape index (κ2) is 9.56. The molecule has 3 aromatic rings. The fourth-order valence-corrected chi connectivity index (χ4v) is 5.04. The SMILES string of the molecule is CN(Cc1ccccc1)C(=O)[C@H](NS(=O)(=O)c1ccc2c(c1)CCC(=O)N2)c1ccccc1. The Bertz CT molecular complexity index is 1260. The van der Waals surface area contributed by atoms with Gasteiger partial charge in [-0.1, -0.05) is 60.7 Å². The highest BCUT2D eigenvalue weighted by molar-refractivity contribution is 7.89. The number of fused-ring (bicyclic) bond motifs is 1. The molecule has 0 aliphatic carbocycles. The highest BCUT2D eigenvalue weighted by Gasteiger charge is 2.30. The first-order chi connectivity index (χ1) is 15.8. The zero-order valence-corrected chi connectivity index (χ0v) is 19.0. The Morgan fingerprint density at radius 3 is 2.36 bits per heavy atom. The molecule has 170 valence electrons. The quantitative estimate of drug-likeness (QED) is 0.562. The van der Waals surface area contributed by atoms with Crippen molar-refractivity contribution in [1.29, 1.82) is 0 Å². The largest absolute Gasteiger partial charge is 0.340 e. The summed E-state index contributed by atoms with van der Waals surface area (Å²) in [5, 5.41) is 2.75. The highest BCUT2D eigenvalue weighted by atomic mass is 32.2. The second-order valence-corrected chi connectivity index (χ2v) is 9.73. The predicted molar refractivity (Wildman–Crippen MR) is 126 cm³/mol. The molecule has 0 aromatic heterocycles. The van der Waals surface area contributed by atoms with Gasteiger partial charge in [0.2, 0.25) is 21.8 Å². The van der Waals surface area contributed by atoms with E-state index in [-0.39, 0.29) is 16.7 Å². The summed E-state index contributed by atoms with van der Waals surface area (Å²) >= 11 is 0. The van der Waals surface area contributed by atoms with Crippen molar-refractivity contribution in [2.75, 3.05) is 12.4 Å². The molecule has 1 aliphatic heterocycles. The summed E-state index contributed by atoms with van der Waals surface area (Å²) in [4.78, 5) is 26.5. The number of hydrogen-bond acceptors (Lipinski definition) is 4. The van der Waals surface area contributed by atoms with Crippen LogP contribution in [0.4, 0.5) is 5.69 Å². The fourth-order valence-electron chi connectivity index (χ4n) is 3.81. The molecule has 0 saturated carbocycles. The van der Waals surface area contributed by atoms with Crippen molar-refractivity contribution in [3.63, 3.8) is 0 Å². The Morgan fingerprint density at radius 2 is 1.67 bits per heavy atom. The molecule has 7 nitrogen and oxygen atoms in total. The van der Waals surface area contributed by atoms with Crippen LogP contribution in [-0.4, -0.2) is 32.2 Å². The van der Waals surface area contributed by atoms with E-state index in [1.807, 2.05) is 36.4 Å². The highest BCUT2D eigenvalue weighted by Crippen LogP contribution is 2.27. The summed E-state index contributed by atoms with van der Waals surface area (Å²) in [5.41, 5.74) is 2.86. The number of anilines is 1. The van der Waals surface area contributed by atoms with Gasteiger partial charge in [-0.05, 0) is 41.3 Å². The van der Waals surface area contributed by atoms with Crippen LogP contribution in [0.3, 0.4) is 0 Å². The lowest BCUT2D eigenvalue weighted by Crippen LogP contribution is -2.41. The Balaban J connectivity index is 1.61. The number of carbonyl (C=O) groups is 2. The average Bonchev–Trinajstić information content (AvgIpc) is 2.83. The van der Waals surface area contributed by atoms with Crippen molar-refractivity contribution in [3.8, 4) is 0 Å². The van der Waals surface area contributed by atoms with Gasteiger partial charge in [0.25, 0.3) is 0 Å². The minimum Gasteiger partial charge on any atom is -0.340 e. The van der Waals surface area contributed by atoms with Crippen molar-refractivity contribution in [3.05, 3.63) is 95.6 Å². The molecule has 2 amide bonds. The van der Waals surface area contributed by atoms with E-state index in [1.54, 1.807) is 43.4 Å². The van der Waals surface area contributed by atoms with Crippen molar-refractivity contribution in [2.24, 2.45) is 0 Å². The maximum Gasteiger partial charge on any atom is 0.245 e. The number of rotatable bonds is 7. The van der Waals surface area contributed by atoms with Crippen LogP contribution in [0.5, 0.6) is 0 Å². The van der Waals surface area contributed by atoms with E-state index in [0.717, 1.165) is 11.1 Å². The lowest BCUT2D eigenvalue weighted by Gasteiger charge is -2.25. The number of hydrogen-bond donors (Lipinski definition) is 2. The lowest BCUT2D eigenvalue weighted by atomic mass is 10.0. The van der Waals surface area contributed by atoms with Gasteiger partial charge in [-0.25, -0.2) is 8.42 Å². The minimum absolute atomic E-state index is 0.0526. The van der Waals surface area contributed by atoms with E-state index in [4.69, 9.17) is 0 Å². The van der Waals surface area contributed by atoms with Crippen LogP contribution in [-0.2, 0) is 32.6 Å². The molecule has 1 heterocycles. The normalized spacial score (nSPS) is 14.2. The molecule has 0 saturated heterocycles. The number of nitrogens with one attached hydrogen (secondary N) is 2. The molecule has 0 unspecified atom stereocenters. The Hall–Kier alpha value is -3.49. The summed E-state index contributed by atoms with van der Waals surface area (Å²) in [6.07, 6.45) is 0.769. The smallest absolute Gasteiger partial charge is 0.245 e. The van der Waals surface area contributed by atoms with Crippen LogP contribution < -0.4 is 10.0 Å². The van der Waals surface area contributed by atoms with Crippen LogP contribution in [0.25, 0.3) is 0 Å². The van der Waals surface area contributed by atoms with Gasteiger partial charge >= 0.3 is 0 Å². The van der Waals surface area contributed by atoms with Gasteiger partial charge in [-0.3, -0.25) is 9.59 Å². The van der Waals surface area contributed by atoms with E-state index < -0.39 is 16.1 Å². The maximum atomic E-state index is 13.4.